The van der Waals surface area contributed by atoms with Crippen molar-refractivity contribution in [3.8, 4) is 0 Å². The second-order valence-electron chi connectivity index (χ2n) is 7.16. The zero-order valence-electron chi connectivity index (χ0n) is 16.2. The van der Waals surface area contributed by atoms with Crippen molar-refractivity contribution < 1.29 is 9.53 Å². The zero-order valence-corrected chi connectivity index (χ0v) is 16.2. The van der Waals surface area contributed by atoms with E-state index in [1.165, 1.54) is 6.42 Å². The number of guanidine groups is 1. The third kappa shape index (κ3) is 7.38. The molecule has 140 valence electrons. The molecular weight excluding hydrogens is 306 g/mol. The Kier molecular flexibility index (Phi) is 8.31. The molecule has 1 aliphatic rings. The molecule has 0 spiro atoms. The van der Waals surface area contributed by atoms with E-state index < -0.39 is 5.60 Å². The topological polar surface area (TPSA) is 69.2 Å². The number of rotatable bonds is 7. The fraction of sp³-hybridized carbons (Fsp3) is 0.882. The maximum atomic E-state index is 11.9. The molecule has 0 saturated carbocycles. The molecular formula is C17H35N5O2. The van der Waals surface area contributed by atoms with E-state index >= 15 is 0 Å². The van der Waals surface area contributed by atoms with Gasteiger partial charge in [-0.3, -0.25) is 4.99 Å². The van der Waals surface area contributed by atoms with Gasteiger partial charge in [-0.05, 0) is 40.3 Å². The monoisotopic (exact) mass is 341 g/mol. The first-order valence-electron chi connectivity index (χ1n) is 8.96. The van der Waals surface area contributed by atoms with Crippen molar-refractivity contribution in [2.24, 2.45) is 4.99 Å². The molecule has 0 aromatic heterocycles. The normalized spacial score (nSPS) is 16.1. The molecule has 0 radical (unpaired) electrons. The van der Waals surface area contributed by atoms with Gasteiger partial charge in [0.25, 0.3) is 0 Å². The minimum absolute atomic E-state index is 0.224. The number of amides is 1. The van der Waals surface area contributed by atoms with Gasteiger partial charge >= 0.3 is 6.09 Å². The Morgan fingerprint density at radius 1 is 1.29 bits per heavy atom. The van der Waals surface area contributed by atoms with E-state index in [1.807, 2.05) is 20.8 Å². The summed E-state index contributed by atoms with van der Waals surface area (Å²) in [6.07, 6.45) is 0.922. The van der Waals surface area contributed by atoms with Crippen LogP contribution in [0.4, 0.5) is 4.79 Å². The van der Waals surface area contributed by atoms with E-state index in [9.17, 15) is 4.79 Å². The lowest BCUT2D eigenvalue weighted by Gasteiger charge is -2.40. The predicted octanol–water partition coefficient (Wildman–Crippen LogP) is 1.50. The van der Waals surface area contributed by atoms with Crippen molar-refractivity contribution in [1.82, 2.24) is 20.4 Å². The summed E-state index contributed by atoms with van der Waals surface area (Å²) in [6, 6.07) is 0.224. The van der Waals surface area contributed by atoms with Crippen LogP contribution in [-0.2, 0) is 4.74 Å². The van der Waals surface area contributed by atoms with Crippen LogP contribution in [-0.4, -0.2) is 79.8 Å². The van der Waals surface area contributed by atoms with Crippen LogP contribution in [0.25, 0.3) is 0 Å². The third-order valence-corrected chi connectivity index (χ3v) is 3.81. The van der Waals surface area contributed by atoms with Crippen molar-refractivity contribution in [3.05, 3.63) is 0 Å². The summed E-state index contributed by atoms with van der Waals surface area (Å²) in [5, 5.41) is 6.68. The molecule has 1 fully saturated rings. The maximum absolute atomic E-state index is 11.9. The lowest BCUT2D eigenvalue weighted by atomic mass is 10.1. The molecule has 24 heavy (non-hydrogen) atoms. The molecule has 1 aliphatic heterocycles. The number of ether oxygens (including phenoxy) is 1. The highest BCUT2D eigenvalue weighted by molar-refractivity contribution is 5.80. The Bertz CT molecular complexity index is 414. The summed E-state index contributed by atoms with van der Waals surface area (Å²) in [5.41, 5.74) is -0.448. The molecule has 0 aromatic rings. The van der Waals surface area contributed by atoms with Gasteiger partial charge in [-0.25, -0.2) is 4.79 Å². The first kappa shape index (κ1) is 20.5. The van der Waals surface area contributed by atoms with E-state index in [0.29, 0.717) is 13.1 Å². The van der Waals surface area contributed by atoms with Crippen LogP contribution in [0.15, 0.2) is 4.99 Å². The second-order valence-corrected chi connectivity index (χ2v) is 7.16. The summed E-state index contributed by atoms with van der Waals surface area (Å²) < 4.78 is 5.36. The highest BCUT2D eigenvalue weighted by Crippen LogP contribution is 2.15. The molecule has 1 heterocycles. The summed E-state index contributed by atoms with van der Waals surface area (Å²) in [7, 11) is 1.77. The lowest BCUT2D eigenvalue weighted by molar-refractivity contribution is 0.00701. The zero-order chi connectivity index (χ0) is 18.2. The molecule has 0 bridgehead atoms. The van der Waals surface area contributed by atoms with E-state index in [4.69, 9.17) is 4.74 Å². The first-order valence-corrected chi connectivity index (χ1v) is 8.96. The molecule has 2 N–H and O–H groups in total. The highest BCUT2D eigenvalue weighted by Gasteiger charge is 2.34. The number of aliphatic imine (C=N–C) groups is 1. The van der Waals surface area contributed by atoms with Crippen LogP contribution >= 0.6 is 0 Å². The average molecular weight is 342 g/mol. The van der Waals surface area contributed by atoms with Gasteiger partial charge in [0, 0.05) is 33.2 Å². The molecule has 0 atom stereocenters. The molecule has 0 aromatic carbocycles. The largest absolute Gasteiger partial charge is 0.444 e. The maximum Gasteiger partial charge on any atom is 0.410 e. The van der Waals surface area contributed by atoms with Gasteiger partial charge in [0.15, 0.2) is 5.96 Å². The lowest BCUT2D eigenvalue weighted by Crippen LogP contribution is -2.63. The van der Waals surface area contributed by atoms with E-state index in [1.54, 1.807) is 11.9 Å². The summed E-state index contributed by atoms with van der Waals surface area (Å²) in [4.78, 5) is 20.3. The summed E-state index contributed by atoms with van der Waals surface area (Å²) >= 11 is 0. The minimum atomic E-state index is -0.448. The second kappa shape index (κ2) is 9.71. The van der Waals surface area contributed by atoms with E-state index in [-0.39, 0.29) is 12.1 Å². The molecule has 1 amide bonds. The third-order valence-electron chi connectivity index (χ3n) is 3.81. The number of nitrogens with zero attached hydrogens (tertiary/aromatic N) is 3. The smallest absolute Gasteiger partial charge is 0.410 e. The molecule has 1 saturated heterocycles. The highest BCUT2D eigenvalue weighted by atomic mass is 16.6. The number of hydrogen-bond acceptors (Lipinski definition) is 4. The molecule has 0 aliphatic carbocycles. The fourth-order valence-corrected chi connectivity index (χ4v) is 2.51. The van der Waals surface area contributed by atoms with Crippen molar-refractivity contribution in [1.29, 1.82) is 0 Å². The molecule has 7 nitrogen and oxygen atoms in total. The van der Waals surface area contributed by atoms with Crippen LogP contribution in [0.1, 0.15) is 41.0 Å². The van der Waals surface area contributed by atoms with Crippen molar-refractivity contribution in [2.75, 3.05) is 46.3 Å². The van der Waals surface area contributed by atoms with E-state index in [0.717, 1.165) is 32.1 Å². The van der Waals surface area contributed by atoms with Crippen LogP contribution < -0.4 is 10.6 Å². The Balaban J connectivity index is 2.25. The van der Waals surface area contributed by atoms with Gasteiger partial charge in [0.1, 0.15) is 5.60 Å². The molecule has 7 heteroatoms. The minimum Gasteiger partial charge on any atom is -0.444 e. The fourth-order valence-electron chi connectivity index (χ4n) is 2.51. The van der Waals surface area contributed by atoms with Crippen LogP contribution in [0, 0.1) is 0 Å². The van der Waals surface area contributed by atoms with Gasteiger partial charge in [0.05, 0.1) is 6.04 Å². The molecule has 1 rings (SSSR count). The van der Waals surface area contributed by atoms with Crippen LogP contribution in [0.3, 0.4) is 0 Å². The van der Waals surface area contributed by atoms with Gasteiger partial charge < -0.3 is 25.2 Å². The Labute approximate surface area is 146 Å². The van der Waals surface area contributed by atoms with Gasteiger partial charge in [-0.1, -0.05) is 13.8 Å². The summed E-state index contributed by atoms with van der Waals surface area (Å²) in [5.74, 6) is 0.788. The number of nitrogens with one attached hydrogen (secondary N) is 2. The van der Waals surface area contributed by atoms with Crippen molar-refractivity contribution in [2.45, 2.75) is 52.7 Å². The van der Waals surface area contributed by atoms with Crippen molar-refractivity contribution >= 4 is 12.1 Å². The number of likely N-dealkylation sites (N-methyl/N-ethyl adjacent to an activating group) is 1. The van der Waals surface area contributed by atoms with Crippen LogP contribution in [0.2, 0.25) is 0 Å². The number of likely N-dealkylation sites (tertiary alicyclic amines) is 1. The van der Waals surface area contributed by atoms with Gasteiger partial charge in [-0.15, -0.1) is 0 Å². The Morgan fingerprint density at radius 2 is 1.96 bits per heavy atom. The van der Waals surface area contributed by atoms with Gasteiger partial charge in [-0.2, -0.15) is 0 Å². The number of carbonyl (C=O) groups excluding carboxylic acids is 1. The standard InChI is InChI=1S/C17H35N5O2/c1-7-10-21(8-2)11-9-19-15(18-6)20-14-12-22(13-14)16(23)24-17(3,4)5/h14H,7-13H2,1-6H3,(H2,18,19,20). The molecule has 0 unspecified atom stereocenters. The van der Waals surface area contributed by atoms with Gasteiger partial charge in [0.2, 0.25) is 0 Å². The average Bonchev–Trinajstić information content (AvgIpc) is 2.45. The van der Waals surface area contributed by atoms with Crippen molar-refractivity contribution in [3.63, 3.8) is 0 Å². The van der Waals surface area contributed by atoms with E-state index in [2.05, 4.69) is 34.4 Å². The Morgan fingerprint density at radius 3 is 2.46 bits per heavy atom. The number of hydrogen-bond donors (Lipinski definition) is 2. The quantitative estimate of drug-likeness (QED) is 0.542. The first-order chi connectivity index (χ1) is 11.3. The van der Waals surface area contributed by atoms with Crippen LogP contribution in [0.5, 0.6) is 0 Å². The predicted molar refractivity (Wildman–Crippen MR) is 98.5 cm³/mol. The Hall–Kier alpha value is -1.50. The summed E-state index contributed by atoms with van der Waals surface area (Å²) in [6.45, 7) is 15.4. The number of carbonyl (C=O) groups is 1. The SMILES string of the molecule is CCCN(CC)CCNC(=NC)NC1CN(C(=O)OC(C)(C)C)C1.